The van der Waals surface area contributed by atoms with Crippen molar-refractivity contribution in [2.75, 3.05) is 12.8 Å². The van der Waals surface area contributed by atoms with E-state index in [-0.39, 0.29) is 0 Å². The number of rotatable bonds is 1. The predicted molar refractivity (Wildman–Crippen MR) is 68.1 cm³/mol. The van der Waals surface area contributed by atoms with Gasteiger partial charge in [-0.3, -0.25) is 0 Å². The number of nitrogens with zero attached hydrogens (tertiary/aromatic N) is 1. The van der Waals surface area contributed by atoms with Crippen molar-refractivity contribution in [3.63, 3.8) is 0 Å². The zero-order chi connectivity index (χ0) is 11.1. The summed E-state index contributed by atoms with van der Waals surface area (Å²) in [5.41, 5.74) is 6.68. The molecule has 0 saturated carbocycles. The lowest BCUT2D eigenvalue weighted by atomic mass is 10.1. The van der Waals surface area contributed by atoms with Crippen molar-refractivity contribution in [2.45, 2.75) is 0 Å². The third-order valence-corrected chi connectivity index (χ3v) is 3.53. The molecule has 1 aromatic heterocycles. The van der Waals surface area contributed by atoms with Crippen LogP contribution < -0.4 is 10.5 Å². The Bertz CT molecular complexity index is 675. The van der Waals surface area contributed by atoms with Crippen LogP contribution in [0.15, 0.2) is 30.3 Å². The number of methoxy groups -OCH3 is 1. The molecule has 3 nitrogen and oxygen atoms in total. The molecule has 2 aromatic carbocycles. The van der Waals surface area contributed by atoms with Crippen LogP contribution in [0.4, 0.5) is 5.13 Å². The van der Waals surface area contributed by atoms with Crippen LogP contribution in [0.1, 0.15) is 0 Å². The Morgan fingerprint density at radius 1 is 1.25 bits per heavy atom. The minimum atomic E-state index is 0.602. The van der Waals surface area contributed by atoms with Crippen LogP contribution >= 0.6 is 11.3 Å². The van der Waals surface area contributed by atoms with Gasteiger partial charge in [0, 0.05) is 5.39 Å². The highest BCUT2D eigenvalue weighted by Crippen LogP contribution is 2.33. The molecule has 16 heavy (non-hydrogen) atoms. The van der Waals surface area contributed by atoms with Crippen molar-refractivity contribution in [2.24, 2.45) is 0 Å². The summed E-state index contributed by atoms with van der Waals surface area (Å²) in [6.45, 7) is 0. The van der Waals surface area contributed by atoms with Crippen molar-refractivity contribution >= 4 is 37.5 Å². The summed E-state index contributed by atoms with van der Waals surface area (Å²) in [5, 5.41) is 2.92. The van der Waals surface area contributed by atoms with Crippen molar-refractivity contribution in [1.82, 2.24) is 4.98 Å². The Balaban J connectivity index is 2.46. The van der Waals surface area contributed by atoms with E-state index in [2.05, 4.69) is 11.1 Å². The maximum absolute atomic E-state index is 5.73. The average molecular weight is 230 g/mol. The Labute approximate surface area is 96.5 Å². The number of thiazole rings is 1. The van der Waals surface area contributed by atoms with E-state index in [1.54, 1.807) is 7.11 Å². The van der Waals surface area contributed by atoms with E-state index in [0.717, 1.165) is 21.4 Å². The first-order chi connectivity index (χ1) is 7.78. The van der Waals surface area contributed by atoms with Gasteiger partial charge in [0.25, 0.3) is 0 Å². The van der Waals surface area contributed by atoms with Gasteiger partial charge in [0.05, 0.1) is 17.3 Å². The zero-order valence-corrected chi connectivity index (χ0v) is 9.54. The van der Waals surface area contributed by atoms with Crippen molar-refractivity contribution in [3.05, 3.63) is 30.3 Å². The topological polar surface area (TPSA) is 48.1 Å². The quantitative estimate of drug-likeness (QED) is 0.699. The molecule has 0 radical (unpaired) electrons. The molecule has 2 N–H and O–H groups in total. The molecular weight excluding hydrogens is 220 g/mol. The molecule has 80 valence electrons. The van der Waals surface area contributed by atoms with E-state index in [4.69, 9.17) is 10.5 Å². The van der Waals surface area contributed by atoms with E-state index in [9.17, 15) is 0 Å². The third kappa shape index (κ3) is 1.31. The summed E-state index contributed by atoms with van der Waals surface area (Å²) in [6, 6.07) is 10.1. The number of nitrogen functional groups attached to an aromatic ring is 1. The normalized spacial score (nSPS) is 11.1. The van der Waals surface area contributed by atoms with Crippen LogP contribution in [0.3, 0.4) is 0 Å². The summed E-state index contributed by atoms with van der Waals surface area (Å²) < 4.78 is 6.35. The predicted octanol–water partition coefficient (Wildman–Crippen LogP) is 3.04. The van der Waals surface area contributed by atoms with Gasteiger partial charge in [-0.05, 0) is 23.6 Å². The average Bonchev–Trinajstić information content (AvgIpc) is 2.69. The van der Waals surface area contributed by atoms with Crippen molar-refractivity contribution in [3.8, 4) is 5.75 Å². The van der Waals surface area contributed by atoms with Gasteiger partial charge < -0.3 is 10.5 Å². The molecule has 0 amide bonds. The maximum Gasteiger partial charge on any atom is 0.181 e. The highest BCUT2D eigenvalue weighted by Gasteiger charge is 2.06. The summed E-state index contributed by atoms with van der Waals surface area (Å²) >= 11 is 1.51. The second kappa shape index (κ2) is 3.35. The first kappa shape index (κ1) is 9.42. The fraction of sp³-hybridized carbons (Fsp3) is 0.0833. The molecule has 3 aromatic rings. The largest absolute Gasteiger partial charge is 0.497 e. The van der Waals surface area contributed by atoms with Crippen LogP contribution in [0.5, 0.6) is 5.75 Å². The molecular formula is C12H10N2OS. The molecule has 0 spiro atoms. The molecule has 0 bridgehead atoms. The highest BCUT2D eigenvalue weighted by atomic mass is 32.1. The number of anilines is 1. The van der Waals surface area contributed by atoms with Crippen LogP contribution in [0, 0.1) is 0 Å². The molecule has 0 aliphatic heterocycles. The van der Waals surface area contributed by atoms with Crippen LogP contribution in [-0.4, -0.2) is 12.1 Å². The zero-order valence-electron chi connectivity index (χ0n) is 8.73. The van der Waals surface area contributed by atoms with E-state index in [1.165, 1.54) is 16.7 Å². The highest BCUT2D eigenvalue weighted by molar-refractivity contribution is 7.23. The molecule has 0 unspecified atom stereocenters. The molecule has 0 fully saturated rings. The van der Waals surface area contributed by atoms with Gasteiger partial charge in [-0.25, -0.2) is 4.98 Å². The third-order valence-electron chi connectivity index (χ3n) is 2.60. The second-order valence-electron chi connectivity index (χ2n) is 3.55. The SMILES string of the molecule is COc1ccc2ccc3nc(N)sc3c2c1. The van der Waals surface area contributed by atoms with Crippen LogP contribution in [0.2, 0.25) is 0 Å². The fourth-order valence-electron chi connectivity index (χ4n) is 1.83. The lowest BCUT2D eigenvalue weighted by Gasteiger charge is -2.02. The van der Waals surface area contributed by atoms with Gasteiger partial charge in [0.2, 0.25) is 0 Å². The van der Waals surface area contributed by atoms with Gasteiger partial charge in [-0.15, -0.1) is 0 Å². The van der Waals surface area contributed by atoms with E-state index < -0.39 is 0 Å². The number of fused-ring (bicyclic) bond motifs is 3. The molecule has 0 aliphatic carbocycles. The number of ether oxygens (including phenoxy) is 1. The van der Waals surface area contributed by atoms with E-state index >= 15 is 0 Å². The van der Waals surface area contributed by atoms with Gasteiger partial charge in [-0.1, -0.05) is 23.5 Å². The van der Waals surface area contributed by atoms with E-state index in [0.29, 0.717) is 5.13 Å². The minimum absolute atomic E-state index is 0.602. The molecule has 1 heterocycles. The number of aromatic nitrogens is 1. The van der Waals surface area contributed by atoms with Gasteiger partial charge in [0.15, 0.2) is 5.13 Å². The van der Waals surface area contributed by atoms with Gasteiger partial charge >= 0.3 is 0 Å². The molecule has 0 aliphatic rings. The number of benzene rings is 2. The Morgan fingerprint density at radius 3 is 2.88 bits per heavy atom. The van der Waals surface area contributed by atoms with Crippen LogP contribution in [0.25, 0.3) is 21.0 Å². The Kier molecular flexibility index (Phi) is 1.97. The smallest absolute Gasteiger partial charge is 0.181 e. The monoisotopic (exact) mass is 230 g/mol. The summed E-state index contributed by atoms with van der Waals surface area (Å²) in [4.78, 5) is 4.27. The lowest BCUT2D eigenvalue weighted by molar-refractivity contribution is 0.415. The second-order valence-corrected chi connectivity index (χ2v) is 4.58. The van der Waals surface area contributed by atoms with Gasteiger partial charge in [-0.2, -0.15) is 0 Å². The maximum atomic E-state index is 5.73. The minimum Gasteiger partial charge on any atom is -0.497 e. The molecule has 0 atom stereocenters. The fourth-order valence-corrected chi connectivity index (χ4v) is 2.69. The number of nitrogens with two attached hydrogens (primary N) is 1. The first-order valence-corrected chi connectivity index (χ1v) is 5.72. The Morgan fingerprint density at radius 2 is 2.06 bits per heavy atom. The summed E-state index contributed by atoms with van der Waals surface area (Å²) in [6.07, 6.45) is 0. The first-order valence-electron chi connectivity index (χ1n) is 4.91. The van der Waals surface area contributed by atoms with Crippen molar-refractivity contribution in [1.29, 1.82) is 0 Å². The van der Waals surface area contributed by atoms with Crippen LogP contribution in [-0.2, 0) is 0 Å². The number of hydrogen-bond donors (Lipinski definition) is 1. The standard InChI is InChI=1S/C12H10N2OS/c1-15-8-4-2-7-3-5-10-11(9(7)6-8)16-12(13)14-10/h2-6H,1H3,(H2,13,14). The number of hydrogen-bond acceptors (Lipinski definition) is 4. The van der Waals surface area contributed by atoms with E-state index in [1.807, 2.05) is 24.3 Å². The molecule has 0 saturated heterocycles. The Hall–Kier alpha value is -1.81. The lowest BCUT2D eigenvalue weighted by Crippen LogP contribution is -1.82. The molecule has 3 rings (SSSR count). The van der Waals surface area contributed by atoms with Crippen molar-refractivity contribution < 1.29 is 4.74 Å². The summed E-state index contributed by atoms with van der Waals surface area (Å²) in [5.74, 6) is 0.854. The molecule has 4 heteroatoms. The summed E-state index contributed by atoms with van der Waals surface area (Å²) in [7, 11) is 1.67. The van der Waals surface area contributed by atoms with Gasteiger partial charge in [0.1, 0.15) is 5.75 Å².